The van der Waals surface area contributed by atoms with Gasteiger partial charge in [-0.15, -0.1) is 0 Å². The molecule has 4 rings (SSSR count). The molecule has 2 aliphatic rings. The zero-order chi connectivity index (χ0) is 16.7. The smallest absolute Gasteiger partial charge is 0.227 e. The van der Waals surface area contributed by atoms with Gasteiger partial charge in [-0.3, -0.25) is 4.79 Å². The average molecular weight is 326 g/mol. The van der Waals surface area contributed by atoms with E-state index in [2.05, 4.69) is 17.1 Å². The molecule has 1 unspecified atom stereocenters. The zero-order valence-electron chi connectivity index (χ0n) is 14.0. The number of nitrogens with zero attached hydrogens (tertiary/aromatic N) is 1. The molecular weight excluding hydrogens is 304 g/mol. The highest BCUT2D eigenvalue weighted by molar-refractivity contribution is 5.90. The van der Waals surface area contributed by atoms with E-state index in [0.29, 0.717) is 24.9 Å². The van der Waals surface area contributed by atoms with Crippen LogP contribution in [0.3, 0.4) is 0 Å². The highest BCUT2D eigenvalue weighted by atomic mass is 16.5. The first kappa shape index (κ1) is 15.3. The molecule has 5 nitrogen and oxygen atoms in total. The number of ether oxygens (including phenoxy) is 2. The Labute approximate surface area is 141 Å². The molecule has 3 atom stereocenters. The summed E-state index contributed by atoms with van der Waals surface area (Å²) >= 11 is 0. The lowest BCUT2D eigenvalue weighted by Gasteiger charge is -2.25. The van der Waals surface area contributed by atoms with Gasteiger partial charge in [0.1, 0.15) is 5.75 Å². The summed E-state index contributed by atoms with van der Waals surface area (Å²) in [6, 6.07) is 6.07. The maximum Gasteiger partial charge on any atom is 0.227 e. The normalized spacial score (nSPS) is 24.9. The molecule has 1 aliphatic heterocycles. The molecule has 0 saturated carbocycles. The summed E-state index contributed by atoms with van der Waals surface area (Å²) in [6.07, 6.45) is 6.73. The number of likely N-dealkylation sites (tertiary alicyclic amines) is 1. The number of carbonyl (C=O) groups is 1. The van der Waals surface area contributed by atoms with E-state index in [1.54, 1.807) is 14.2 Å². The highest BCUT2D eigenvalue weighted by Gasteiger charge is 2.44. The third kappa shape index (κ3) is 2.40. The molecule has 1 amide bonds. The van der Waals surface area contributed by atoms with Crippen molar-refractivity contribution in [3.63, 3.8) is 0 Å². The van der Waals surface area contributed by atoms with Crippen molar-refractivity contribution in [2.45, 2.75) is 12.5 Å². The number of methoxy groups -OCH3 is 2. The molecule has 1 fully saturated rings. The van der Waals surface area contributed by atoms with Crippen molar-refractivity contribution in [1.82, 2.24) is 9.88 Å². The van der Waals surface area contributed by atoms with Crippen LogP contribution in [0.4, 0.5) is 0 Å². The number of fused-ring (bicyclic) bond motifs is 3. The second-order valence-corrected chi connectivity index (χ2v) is 6.61. The number of aromatic amines is 1. The number of H-pyrrole nitrogens is 1. The third-order valence-electron chi connectivity index (χ3n) is 5.31. The van der Waals surface area contributed by atoms with Gasteiger partial charge in [-0.2, -0.15) is 0 Å². The van der Waals surface area contributed by atoms with E-state index in [1.165, 1.54) is 0 Å². The van der Waals surface area contributed by atoms with Crippen LogP contribution in [0.15, 0.2) is 36.5 Å². The van der Waals surface area contributed by atoms with E-state index in [4.69, 9.17) is 9.47 Å². The molecule has 2 bridgehead atoms. The molecule has 1 saturated heterocycles. The summed E-state index contributed by atoms with van der Waals surface area (Å²) in [4.78, 5) is 18.1. The lowest BCUT2D eigenvalue weighted by atomic mass is 9.99. The molecule has 126 valence electrons. The second-order valence-electron chi connectivity index (χ2n) is 6.61. The number of aromatic nitrogens is 1. The first-order valence-electron chi connectivity index (χ1n) is 8.32. The van der Waals surface area contributed by atoms with Crippen molar-refractivity contribution in [2.24, 2.45) is 11.8 Å². The molecule has 2 heterocycles. The molecule has 1 aromatic heterocycles. The van der Waals surface area contributed by atoms with Gasteiger partial charge in [-0.25, -0.2) is 0 Å². The van der Waals surface area contributed by atoms with Gasteiger partial charge in [0.2, 0.25) is 5.91 Å². The van der Waals surface area contributed by atoms with Crippen LogP contribution < -0.4 is 4.74 Å². The Kier molecular flexibility index (Phi) is 3.81. The predicted octanol–water partition coefficient (Wildman–Crippen LogP) is 2.38. The number of carbonyl (C=O) groups excluding carboxylic acids is 1. The lowest BCUT2D eigenvalue weighted by molar-refractivity contribution is -0.131. The fraction of sp³-hybridized carbons (Fsp3) is 0.421. The van der Waals surface area contributed by atoms with E-state index in [9.17, 15) is 4.79 Å². The minimum Gasteiger partial charge on any atom is -0.497 e. The summed E-state index contributed by atoms with van der Waals surface area (Å²) in [5.74, 6) is 1.82. The second kappa shape index (κ2) is 5.98. The van der Waals surface area contributed by atoms with E-state index < -0.39 is 0 Å². The van der Waals surface area contributed by atoms with Crippen LogP contribution in [0.5, 0.6) is 5.75 Å². The molecule has 0 radical (unpaired) electrons. The molecule has 24 heavy (non-hydrogen) atoms. The van der Waals surface area contributed by atoms with Gasteiger partial charge in [0.05, 0.1) is 26.2 Å². The Morgan fingerprint density at radius 3 is 3.00 bits per heavy atom. The molecule has 1 aromatic carbocycles. The van der Waals surface area contributed by atoms with Crippen molar-refractivity contribution < 1.29 is 14.3 Å². The SMILES string of the molecule is COCC1[C@@H]2C=C[C@H]1N(C(=O)Cc1c[nH]c3ccc(OC)cc13)C2. The van der Waals surface area contributed by atoms with Gasteiger partial charge >= 0.3 is 0 Å². The maximum absolute atomic E-state index is 12.9. The average Bonchev–Trinajstić information content (AvgIpc) is 3.28. The fourth-order valence-corrected chi connectivity index (χ4v) is 4.05. The monoisotopic (exact) mass is 326 g/mol. The molecule has 2 aromatic rings. The number of benzene rings is 1. The summed E-state index contributed by atoms with van der Waals surface area (Å²) in [5.41, 5.74) is 2.04. The van der Waals surface area contributed by atoms with Gasteiger partial charge in [-0.05, 0) is 23.8 Å². The van der Waals surface area contributed by atoms with Crippen molar-refractivity contribution in [1.29, 1.82) is 0 Å². The van der Waals surface area contributed by atoms with Gasteiger partial charge in [0, 0.05) is 42.6 Å². The molecular formula is C19H22N2O3. The minimum absolute atomic E-state index is 0.177. The zero-order valence-corrected chi connectivity index (χ0v) is 14.0. The summed E-state index contributed by atoms with van der Waals surface area (Å²) in [7, 11) is 3.38. The first-order valence-corrected chi connectivity index (χ1v) is 8.32. The molecule has 5 heteroatoms. The Morgan fingerprint density at radius 1 is 1.33 bits per heavy atom. The number of hydrogen-bond donors (Lipinski definition) is 1. The molecule has 1 N–H and O–H groups in total. The predicted molar refractivity (Wildman–Crippen MR) is 92.1 cm³/mol. The van der Waals surface area contributed by atoms with Crippen LogP contribution in [0, 0.1) is 11.8 Å². The van der Waals surface area contributed by atoms with Crippen LogP contribution >= 0.6 is 0 Å². The lowest BCUT2D eigenvalue weighted by Crippen LogP contribution is -2.38. The van der Waals surface area contributed by atoms with Crippen molar-refractivity contribution in [3.05, 3.63) is 42.1 Å². The van der Waals surface area contributed by atoms with Crippen LogP contribution in [0.2, 0.25) is 0 Å². The number of amides is 1. The Bertz CT molecular complexity index is 795. The van der Waals surface area contributed by atoms with Crippen LogP contribution in [0.25, 0.3) is 10.9 Å². The quantitative estimate of drug-likeness (QED) is 0.858. The number of rotatable bonds is 5. The minimum atomic E-state index is 0.177. The summed E-state index contributed by atoms with van der Waals surface area (Å²) in [5, 5.41) is 1.05. The van der Waals surface area contributed by atoms with E-state index in [0.717, 1.165) is 28.8 Å². The highest BCUT2D eigenvalue weighted by Crippen LogP contribution is 2.38. The Balaban J connectivity index is 1.54. The Morgan fingerprint density at radius 2 is 2.21 bits per heavy atom. The Hall–Kier alpha value is -2.27. The van der Waals surface area contributed by atoms with E-state index in [-0.39, 0.29) is 11.9 Å². The van der Waals surface area contributed by atoms with Crippen LogP contribution in [0.1, 0.15) is 5.56 Å². The van der Waals surface area contributed by atoms with Crippen molar-refractivity contribution in [3.8, 4) is 5.75 Å². The van der Waals surface area contributed by atoms with Crippen molar-refractivity contribution >= 4 is 16.8 Å². The largest absolute Gasteiger partial charge is 0.497 e. The standard InChI is InChI=1S/C19H22N2O3/c1-23-11-16-12-3-6-18(16)21(10-12)19(22)7-13-9-20-17-5-4-14(24-2)8-15(13)17/h3-6,8-9,12,16,18,20H,7,10-11H2,1-2H3/t12-,16?,18-/m1/s1. The van der Waals surface area contributed by atoms with E-state index >= 15 is 0 Å². The maximum atomic E-state index is 12.9. The van der Waals surface area contributed by atoms with Gasteiger partial charge < -0.3 is 19.4 Å². The first-order chi connectivity index (χ1) is 11.7. The fourth-order valence-electron chi connectivity index (χ4n) is 4.05. The number of nitrogens with one attached hydrogen (secondary N) is 1. The molecule has 0 spiro atoms. The van der Waals surface area contributed by atoms with Gasteiger partial charge in [0.25, 0.3) is 0 Å². The van der Waals surface area contributed by atoms with E-state index in [1.807, 2.05) is 29.3 Å². The molecule has 1 aliphatic carbocycles. The summed E-state index contributed by atoms with van der Waals surface area (Å²) < 4.78 is 10.6. The van der Waals surface area contributed by atoms with Crippen molar-refractivity contribution in [2.75, 3.05) is 27.4 Å². The third-order valence-corrected chi connectivity index (χ3v) is 5.31. The van der Waals surface area contributed by atoms with Crippen LogP contribution in [-0.4, -0.2) is 49.2 Å². The number of hydrogen-bond acceptors (Lipinski definition) is 3. The van der Waals surface area contributed by atoms with Gasteiger partial charge in [-0.1, -0.05) is 12.2 Å². The summed E-state index contributed by atoms with van der Waals surface area (Å²) in [6.45, 7) is 1.51. The van der Waals surface area contributed by atoms with Gasteiger partial charge in [0.15, 0.2) is 0 Å². The van der Waals surface area contributed by atoms with Crippen LogP contribution in [-0.2, 0) is 16.0 Å². The topological polar surface area (TPSA) is 54.6 Å².